The van der Waals surface area contributed by atoms with Crippen molar-refractivity contribution >= 4 is 30.6 Å². The maximum Gasteiger partial charge on any atom is 0.209 e. The van der Waals surface area contributed by atoms with Crippen molar-refractivity contribution in [3.8, 4) is 0 Å². The average Bonchev–Trinajstić information content (AvgIpc) is 2.36. The molecule has 2 N–H and O–H groups in total. The van der Waals surface area contributed by atoms with Gasteiger partial charge in [0.1, 0.15) is 0 Å². The lowest BCUT2D eigenvalue weighted by Crippen LogP contribution is -2.19. The predicted molar refractivity (Wildman–Crippen MR) is 78.6 cm³/mol. The number of primary sulfonamides is 1. The van der Waals surface area contributed by atoms with Gasteiger partial charge in [0.2, 0.25) is 10.0 Å². The highest BCUT2D eigenvalue weighted by atomic mass is 32.2. The molecule has 2 aromatic carbocycles. The normalized spacial score (nSPS) is 12.7. The fraction of sp³-hybridized carbons (Fsp3) is 0.231. The Morgan fingerprint density at radius 3 is 2.15 bits per heavy atom. The maximum atomic E-state index is 12.1. The summed E-state index contributed by atoms with van der Waals surface area (Å²) in [4.78, 5) is 0.200. The number of sulfonamides is 1. The van der Waals surface area contributed by atoms with Crippen LogP contribution >= 0.6 is 0 Å². The largest absolute Gasteiger partial charge is 0.229 e. The zero-order chi connectivity index (χ0) is 14.8. The van der Waals surface area contributed by atoms with Crippen LogP contribution in [0.15, 0.2) is 47.4 Å². The summed E-state index contributed by atoms with van der Waals surface area (Å²) in [6, 6.07) is 12.3. The Hall–Kier alpha value is -1.44. The van der Waals surface area contributed by atoms with Crippen LogP contribution in [0, 0.1) is 0 Å². The van der Waals surface area contributed by atoms with Gasteiger partial charge in [0.05, 0.1) is 16.4 Å². The van der Waals surface area contributed by atoms with Crippen LogP contribution < -0.4 is 5.14 Å². The molecule has 0 atom stereocenters. The van der Waals surface area contributed by atoms with E-state index in [4.69, 9.17) is 5.14 Å². The summed E-state index contributed by atoms with van der Waals surface area (Å²) in [5.74, 6) is -0.568. The Morgan fingerprint density at radius 2 is 1.50 bits per heavy atom. The second-order valence-electron chi connectivity index (χ2n) is 4.55. The summed E-state index contributed by atoms with van der Waals surface area (Å²) in [5.41, 5.74) is 0. The Bertz CT molecular complexity index is 826. The highest BCUT2D eigenvalue weighted by Crippen LogP contribution is 2.20. The number of sulfone groups is 1. The number of fused-ring (bicyclic) bond motifs is 1. The van der Waals surface area contributed by atoms with Crippen LogP contribution in [0.3, 0.4) is 0 Å². The number of hydrogen-bond acceptors (Lipinski definition) is 4. The minimum Gasteiger partial charge on any atom is -0.229 e. The molecule has 0 saturated heterocycles. The monoisotopic (exact) mass is 313 g/mol. The number of hydrogen-bond donors (Lipinski definition) is 1. The van der Waals surface area contributed by atoms with Crippen molar-refractivity contribution < 1.29 is 16.8 Å². The van der Waals surface area contributed by atoms with Gasteiger partial charge in [-0.1, -0.05) is 30.3 Å². The first-order valence-electron chi connectivity index (χ1n) is 6.00. The van der Waals surface area contributed by atoms with Gasteiger partial charge >= 0.3 is 0 Å². The summed E-state index contributed by atoms with van der Waals surface area (Å²) in [6.45, 7) is 0. The lowest BCUT2D eigenvalue weighted by molar-refractivity contribution is 0.591. The van der Waals surface area contributed by atoms with Gasteiger partial charge < -0.3 is 0 Å². The van der Waals surface area contributed by atoms with Crippen molar-refractivity contribution in [1.29, 1.82) is 0 Å². The number of benzene rings is 2. The molecule has 0 amide bonds. The first kappa shape index (κ1) is 15.0. The van der Waals surface area contributed by atoms with Gasteiger partial charge in [-0.25, -0.2) is 22.0 Å². The Balaban J connectivity index is 2.23. The number of rotatable bonds is 5. The van der Waals surface area contributed by atoms with Crippen molar-refractivity contribution in [3.63, 3.8) is 0 Å². The molecule has 0 heterocycles. The molecule has 0 fully saturated rings. The molecule has 0 spiro atoms. The molecule has 0 aliphatic carbocycles. The zero-order valence-electron chi connectivity index (χ0n) is 10.7. The molecule has 0 bridgehead atoms. The molecule has 2 aromatic rings. The zero-order valence-corrected chi connectivity index (χ0v) is 12.3. The van der Waals surface area contributed by atoms with E-state index in [0.29, 0.717) is 0 Å². The minimum absolute atomic E-state index is 0.00596. The molecule has 0 aliphatic rings. The van der Waals surface area contributed by atoms with Gasteiger partial charge in [-0.05, 0) is 29.3 Å². The van der Waals surface area contributed by atoms with Gasteiger partial charge in [0, 0.05) is 0 Å². The average molecular weight is 313 g/mol. The van der Waals surface area contributed by atoms with E-state index >= 15 is 0 Å². The third kappa shape index (κ3) is 3.78. The third-order valence-electron chi connectivity index (χ3n) is 2.92. The molecule has 0 unspecified atom stereocenters. The molecule has 0 saturated carbocycles. The van der Waals surface area contributed by atoms with Crippen LogP contribution in [0.5, 0.6) is 0 Å². The van der Waals surface area contributed by atoms with Crippen molar-refractivity contribution in [1.82, 2.24) is 0 Å². The quantitative estimate of drug-likeness (QED) is 0.900. The van der Waals surface area contributed by atoms with Gasteiger partial charge in [0.25, 0.3) is 0 Å². The highest BCUT2D eigenvalue weighted by molar-refractivity contribution is 7.91. The van der Waals surface area contributed by atoms with Crippen LogP contribution in [0.1, 0.15) is 6.42 Å². The van der Waals surface area contributed by atoms with E-state index in [2.05, 4.69) is 0 Å². The maximum absolute atomic E-state index is 12.1. The van der Waals surface area contributed by atoms with E-state index in [1.165, 1.54) is 6.07 Å². The van der Waals surface area contributed by atoms with Gasteiger partial charge in [0.15, 0.2) is 9.84 Å². The first-order valence-corrected chi connectivity index (χ1v) is 9.37. The van der Waals surface area contributed by atoms with E-state index in [-0.39, 0.29) is 22.8 Å². The molecule has 0 radical (unpaired) electrons. The minimum atomic E-state index is -3.63. The second-order valence-corrected chi connectivity index (χ2v) is 8.39. The smallest absolute Gasteiger partial charge is 0.209 e. The Labute approximate surface area is 118 Å². The lowest BCUT2D eigenvalue weighted by atomic mass is 10.1. The van der Waals surface area contributed by atoms with Crippen molar-refractivity contribution in [3.05, 3.63) is 42.5 Å². The molecule has 7 heteroatoms. The summed E-state index contributed by atoms with van der Waals surface area (Å²) in [7, 11) is -7.12. The predicted octanol–water partition coefficient (Wildman–Crippen LogP) is 1.29. The van der Waals surface area contributed by atoms with E-state index in [9.17, 15) is 16.8 Å². The van der Waals surface area contributed by atoms with E-state index < -0.39 is 19.9 Å². The van der Waals surface area contributed by atoms with E-state index in [1.807, 2.05) is 24.3 Å². The summed E-state index contributed by atoms with van der Waals surface area (Å²) in [5, 5.41) is 6.64. The molecule has 0 aliphatic heterocycles. The molecular weight excluding hydrogens is 298 g/mol. The number of nitrogens with two attached hydrogens (primary N) is 1. The van der Waals surface area contributed by atoms with Crippen LogP contribution in [-0.2, 0) is 19.9 Å². The van der Waals surface area contributed by atoms with Crippen molar-refractivity contribution in [2.24, 2.45) is 5.14 Å². The lowest BCUT2D eigenvalue weighted by Gasteiger charge is -2.05. The highest BCUT2D eigenvalue weighted by Gasteiger charge is 2.16. The van der Waals surface area contributed by atoms with E-state index in [0.717, 1.165) is 10.8 Å². The molecule has 5 nitrogen and oxygen atoms in total. The fourth-order valence-corrected chi connectivity index (χ4v) is 4.00. The van der Waals surface area contributed by atoms with Gasteiger partial charge in [-0.2, -0.15) is 0 Å². The van der Waals surface area contributed by atoms with Crippen LogP contribution in [0.4, 0.5) is 0 Å². The molecule has 2 rings (SSSR count). The molecule has 0 aromatic heterocycles. The molecule has 20 heavy (non-hydrogen) atoms. The van der Waals surface area contributed by atoms with Gasteiger partial charge in [-0.3, -0.25) is 0 Å². The van der Waals surface area contributed by atoms with Crippen LogP contribution in [-0.4, -0.2) is 28.3 Å². The molecular formula is C13H15NO4S2. The van der Waals surface area contributed by atoms with Crippen LogP contribution in [0.25, 0.3) is 10.8 Å². The molecule has 108 valence electrons. The standard InChI is InChI=1S/C13H15NO4S2/c14-20(17,18)9-3-8-19(15,16)13-7-6-11-4-1-2-5-12(11)10-13/h1-2,4-7,10H,3,8-9H2,(H2,14,17,18). The summed E-state index contributed by atoms with van der Waals surface area (Å²) >= 11 is 0. The third-order valence-corrected chi connectivity index (χ3v) is 5.58. The fourth-order valence-electron chi connectivity index (χ4n) is 1.93. The van der Waals surface area contributed by atoms with Crippen LogP contribution in [0.2, 0.25) is 0 Å². The summed E-state index contributed by atoms with van der Waals surface area (Å²) in [6.07, 6.45) is -0.00596. The SMILES string of the molecule is NS(=O)(=O)CCCS(=O)(=O)c1ccc2ccccc2c1. The Morgan fingerprint density at radius 1 is 0.850 bits per heavy atom. The topological polar surface area (TPSA) is 94.3 Å². The van der Waals surface area contributed by atoms with E-state index in [1.54, 1.807) is 12.1 Å². The van der Waals surface area contributed by atoms with Crippen molar-refractivity contribution in [2.75, 3.05) is 11.5 Å². The summed E-state index contributed by atoms with van der Waals surface area (Å²) < 4.78 is 45.9. The Kier molecular flexibility index (Phi) is 4.12. The van der Waals surface area contributed by atoms with Crippen molar-refractivity contribution in [2.45, 2.75) is 11.3 Å². The second kappa shape index (κ2) is 5.51. The van der Waals surface area contributed by atoms with Gasteiger partial charge in [-0.15, -0.1) is 0 Å². The first-order chi connectivity index (χ1) is 9.28.